The van der Waals surface area contributed by atoms with Gasteiger partial charge in [0.1, 0.15) is 12.4 Å². The lowest BCUT2D eigenvalue weighted by Crippen LogP contribution is -2.24. The van der Waals surface area contributed by atoms with Gasteiger partial charge in [-0.15, -0.1) is 0 Å². The molecule has 2 aromatic carbocycles. The number of anilines is 1. The van der Waals surface area contributed by atoms with Crippen LogP contribution in [0.4, 0.5) is 5.69 Å². The third kappa shape index (κ3) is 4.24. The summed E-state index contributed by atoms with van der Waals surface area (Å²) in [6.07, 6.45) is 0.872. The first-order valence-electron chi connectivity index (χ1n) is 7.70. The van der Waals surface area contributed by atoms with E-state index in [1.165, 1.54) is 0 Å². The van der Waals surface area contributed by atoms with Crippen LogP contribution in [0.2, 0.25) is 5.02 Å². The Balaban J connectivity index is 1.66. The van der Waals surface area contributed by atoms with E-state index in [-0.39, 0.29) is 11.8 Å². The van der Waals surface area contributed by atoms with Crippen LogP contribution in [0.1, 0.15) is 12.0 Å². The number of carbonyl (C=O) groups excluding carboxylic acids is 1. The van der Waals surface area contributed by atoms with Crippen molar-refractivity contribution in [2.45, 2.75) is 13.0 Å². The highest BCUT2D eigenvalue weighted by Crippen LogP contribution is 2.26. The fourth-order valence-corrected chi connectivity index (χ4v) is 2.81. The highest BCUT2D eigenvalue weighted by Gasteiger charge is 2.23. The second kappa shape index (κ2) is 7.49. The van der Waals surface area contributed by atoms with Crippen LogP contribution in [-0.2, 0) is 11.4 Å². The van der Waals surface area contributed by atoms with Crippen molar-refractivity contribution >= 4 is 23.2 Å². The fourth-order valence-electron chi connectivity index (χ4n) is 2.60. The maximum absolute atomic E-state index is 12.3. The smallest absolute Gasteiger partial charge is 0.228 e. The van der Waals surface area contributed by atoms with Crippen molar-refractivity contribution in [1.29, 1.82) is 0 Å². The lowest BCUT2D eigenvalue weighted by Gasteiger charge is -2.14. The molecule has 0 saturated carbocycles. The zero-order chi connectivity index (χ0) is 16.1. The number of hydrogen-bond acceptors (Lipinski definition) is 3. The molecular formula is C18H19ClN2O2. The fraction of sp³-hybridized carbons (Fsp3) is 0.278. The molecule has 1 fully saturated rings. The molecular weight excluding hydrogens is 312 g/mol. The summed E-state index contributed by atoms with van der Waals surface area (Å²) >= 11 is 5.98. The van der Waals surface area contributed by atoms with Gasteiger partial charge in [-0.2, -0.15) is 0 Å². The van der Waals surface area contributed by atoms with Crippen LogP contribution < -0.4 is 15.4 Å². The second-order valence-corrected chi connectivity index (χ2v) is 6.03. The summed E-state index contributed by atoms with van der Waals surface area (Å²) in [5.41, 5.74) is 1.69. The molecule has 2 N–H and O–H groups in total. The van der Waals surface area contributed by atoms with Crippen LogP contribution in [0.25, 0.3) is 0 Å². The number of halogens is 1. The number of amides is 1. The molecule has 120 valence electrons. The van der Waals surface area contributed by atoms with Crippen molar-refractivity contribution in [3.8, 4) is 5.75 Å². The third-order valence-electron chi connectivity index (χ3n) is 3.86. The zero-order valence-electron chi connectivity index (χ0n) is 12.7. The molecule has 0 aromatic heterocycles. The molecule has 3 rings (SSSR count). The van der Waals surface area contributed by atoms with Crippen LogP contribution in [0, 0.1) is 5.92 Å². The quantitative estimate of drug-likeness (QED) is 0.882. The Morgan fingerprint density at radius 1 is 1.26 bits per heavy atom. The summed E-state index contributed by atoms with van der Waals surface area (Å²) < 4.78 is 5.85. The Morgan fingerprint density at radius 2 is 2.13 bits per heavy atom. The Morgan fingerprint density at radius 3 is 2.91 bits per heavy atom. The summed E-state index contributed by atoms with van der Waals surface area (Å²) in [4.78, 5) is 12.3. The predicted octanol–water partition coefficient (Wildman–Crippen LogP) is 3.47. The van der Waals surface area contributed by atoms with Gasteiger partial charge in [0.2, 0.25) is 5.91 Å². The number of ether oxygens (including phenoxy) is 1. The van der Waals surface area contributed by atoms with Crippen LogP contribution in [-0.4, -0.2) is 19.0 Å². The van der Waals surface area contributed by atoms with E-state index in [9.17, 15) is 4.79 Å². The number of rotatable bonds is 5. The first-order valence-corrected chi connectivity index (χ1v) is 8.08. The van der Waals surface area contributed by atoms with Crippen LogP contribution in [0.15, 0.2) is 48.5 Å². The van der Waals surface area contributed by atoms with E-state index in [4.69, 9.17) is 16.3 Å². The molecule has 1 amide bonds. The molecule has 0 unspecified atom stereocenters. The van der Waals surface area contributed by atoms with Crippen molar-refractivity contribution in [3.63, 3.8) is 0 Å². The minimum Gasteiger partial charge on any atom is -0.487 e. The van der Waals surface area contributed by atoms with Gasteiger partial charge in [0.05, 0.1) is 11.6 Å². The van der Waals surface area contributed by atoms with Crippen molar-refractivity contribution in [2.24, 2.45) is 5.92 Å². The molecule has 0 aliphatic carbocycles. The third-order valence-corrected chi connectivity index (χ3v) is 4.09. The van der Waals surface area contributed by atoms with E-state index in [0.717, 1.165) is 25.1 Å². The van der Waals surface area contributed by atoms with Gasteiger partial charge >= 0.3 is 0 Å². The topological polar surface area (TPSA) is 50.4 Å². The van der Waals surface area contributed by atoms with Crippen molar-refractivity contribution in [2.75, 3.05) is 18.4 Å². The first-order chi connectivity index (χ1) is 11.2. The second-order valence-electron chi connectivity index (χ2n) is 5.59. The minimum absolute atomic E-state index is 0.0241. The molecule has 0 radical (unpaired) electrons. The molecule has 23 heavy (non-hydrogen) atoms. The molecule has 1 atom stereocenters. The number of benzene rings is 2. The molecule has 4 nitrogen and oxygen atoms in total. The van der Waals surface area contributed by atoms with Crippen molar-refractivity contribution < 1.29 is 9.53 Å². The Kier molecular flexibility index (Phi) is 5.16. The van der Waals surface area contributed by atoms with Gasteiger partial charge in [0.25, 0.3) is 0 Å². The molecule has 1 heterocycles. The molecule has 5 heteroatoms. The highest BCUT2D eigenvalue weighted by atomic mass is 35.5. The summed E-state index contributed by atoms with van der Waals surface area (Å²) in [5, 5.41) is 6.85. The first kappa shape index (κ1) is 15.8. The largest absolute Gasteiger partial charge is 0.487 e. The minimum atomic E-state index is 0.0241. The van der Waals surface area contributed by atoms with E-state index >= 15 is 0 Å². The molecule has 1 aliphatic heterocycles. The zero-order valence-corrected chi connectivity index (χ0v) is 13.5. The maximum Gasteiger partial charge on any atom is 0.228 e. The summed E-state index contributed by atoms with van der Waals surface area (Å²) in [7, 11) is 0. The van der Waals surface area contributed by atoms with Gasteiger partial charge in [-0.1, -0.05) is 35.9 Å². The maximum atomic E-state index is 12.3. The monoisotopic (exact) mass is 330 g/mol. The summed E-state index contributed by atoms with van der Waals surface area (Å²) in [5.74, 6) is 0.719. The number of nitrogens with one attached hydrogen (secondary N) is 2. The van der Waals surface area contributed by atoms with Gasteiger partial charge in [-0.05, 0) is 42.8 Å². The van der Waals surface area contributed by atoms with Crippen molar-refractivity contribution in [3.05, 3.63) is 59.1 Å². The van der Waals surface area contributed by atoms with Crippen molar-refractivity contribution in [1.82, 2.24) is 5.32 Å². The molecule has 0 bridgehead atoms. The van der Waals surface area contributed by atoms with Crippen LogP contribution in [0.3, 0.4) is 0 Å². The average molecular weight is 331 g/mol. The lowest BCUT2D eigenvalue weighted by molar-refractivity contribution is -0.119. The number of hydrogen-bond donors (Lipinski definition) is 2. The SMILES string of the molecule is O=C(Nc1ccccc1OCc1cccc(Cl)c1)[C@H]1CCNC1. The van der Waals surface area contributed by atoms with E-state index in [2.05, 4.69) is 10.6 Å². The van der Waals surface area contributed by atoms with Gasteiger partial charge < -0.3 is 15.4 Å². The Labute approximate surface area is 140 Å². The number of carbonyl (C=O) groups is 1. The average Bonchev–Trinajstić information content (AvgIpc) is 3.09. The van der Waals surface area contributed by atoms with E-state index in [0.29, 0.717) is 23.1 Å². The Bertz CT molecular complexity index is 684. The predicted molar refractivity (Wildman–Crippen MR) is 91.8 cm³/mol. The standard InChI is InChI=1S/C18H19ClN2O2/c19-15-5-3-4-13(10-15)12-23-17-7-2-1-6-16(17)21-18(22)14-8-9-20-11-14/h1-7,10,14,20H,8-9,11-12H2,(H,21,22)/t14-/m0/s1. The van der Waals surface area contributed by atoms with Crippen LogP contribution >= 0.6 is 11.6 Å². The normalized spacial score (nSPS) is 17.0. The van der Waals surface area contributed by atoms with Gasteiger partial charge in [0, 0.05) is 11.6 Å². The summed E-state index contributed by atoms with van der Waals surface area (Å²) in [6, 6.07) is 15.0. The van der Waals surface area contributed by atoms with E-state index in [1.807, 2.05) is 48.5 Å². The highest BCUT2D eigenvalue weighted by molar-refractivity contribution is 6.30. The number of para-hydroxylation sites is 2. The Hall–Kier alpha value is -2.04. The molecule has 1 saturated heterocycles. The van der Waals surface area contributed by atoms with Gasteiger partial charge in [-0.25, -0.2) is 0 Å². The van der Waals surface area contributed by atoms with Gasteiger partial charge in [-0.3, -0.25) is 4.79 Å². The summed E-state index contributed by atoms with van der Waals surface area (Å²) in [6.45, 7) is 2.03. The van der Waals surface area contributed by atoms with E-state index < -0.39 is 0 Å². The lowest BCUT2D eigenvalue weighted by atomic mass is 10.1. The molecule has 2 aromatic rings. The van der Waals surface area contributed by atoms with Gasteiger partial charge in [0.15, 0.2) is 0 Å². The molecule has 1 aliphatic rings. The van der Waals surface area contributed by atoms with E-state index in [1.54, 1.807) is 0 Å². The van der Waals surface area contributed by atoms with Crippen LogP contribution in [0.5, 0.6) is 5.75 Å². The molecule has 0 spiro atoms.